The van der Waals surface area contributed by atoms with Gasteiger partial charge in [-0.1, -0.05) is 0 Å². The van der Waals surface area contributed by atoms with Gasteiger partial charge in [-0.3, -0.25) is 14.2 Å². The Kier molecular flexibility index (Phi) is 4.48. The van der Waals surface area contributed by atoms with E-state index in [4.69, 9.17) is 9.84 Å². The highest BCUT2D eigenvalue weighted by Gasteiger charge is 2.22. The van der Waals surface area contributed by atoms with Crippen molar-refractivity contribution in [1.29, 1.82) is 0 Å². The molecule has 0 unspecified atom stereocenters. The molecule has 0 amide bonds. The highest BCUT2D eigenvalue weighted by Crippen LogP contribution is 2.36. The number of carbonyl (C=O) groups is 1. The van der Waals surface area contributed by atoms with Crippen molar-refractivity contribution in [2.45, 2.75) is 0 Å². The first kappa shape index (κ1) is 20.4. The lowest BCUT2D eigenvalue weighted by Crippen LogP contribution is -2.22. The van der Waals surface area contributed by atoms with Gasteiger partial charge in [-0.05, 0) is 12.1 Å². The molecule has 4 heterocycles. The Morgan fingerprint density at radius 3 is 2.55 bits per heavy atom. The molecule has 11 heteroatoms. The van der Waals surface area contributed by atoms with Crippen LogP contribution in [0.3, 0.4) is 0 Å². The summed E-state index contributed by atoms with van der Waals surface area (Å²) in [6, 6.07) is 4.37. The van der Waals surface area contributed by atoms with Gasteiger partial charge in [-0.2, -0.15) is 5.10 Å². The molecule has 1 aromatic carbocycles. The number of rotatable bonds is 4. The van der Waals surface area contributed by atoms with Crippen LogP contribution < -0.4 is 10.4 Å². The van der Waals surface area contributed by atoms with Gasteiger partial charge in [0.05, 0.1) is 41.6 Å². The van der Waals surface area contributed by atoms with E-state index >= 15 is 0 Å². The summed E-state index contributed by atoms with van der Waals surface area (Å²) in [6.07, 6.45) is 6.03. The number of hydrogen-bond acceptors (Lipinski definition) is 6. The molecule has 0 bridgehead atoms. The van der Waals surface area contributed by atoms with Crippen LogP contribution in [-0.4, -0.2) is 47.1 Å². The smallest absolute Gasteiger partial charge is 0.337 e. The number of nitrogens with zero attached hydrogens (tertiary/aromatic N) is 6. The molecule has 4 aromatic heterocycles. The average molecular weight is 448 g/mol. The number of fused-ring (bicyclic) bond motifs is 3. The summed E-state index contributed by atoms with van der Waals surface area (Å²) in [5.74, 6) is -2.00. The fourth-order valence-corrected chi connectivity index (χ4v) is 3.89. The van der Waals surface area contributed by atoms with Crippen LogP contribution in [-0.2, 0) is 14.1 Å². The van der Waals surface area contributed by atoms with Crippen molar-refractivity contribution < 1.29 is 19.0 Å². The van der Waals surface area contributed by atoms with Crippen molar-refractivity contribution in [3.63, 3.8) is 0 Å². The van der Waals surface area contributed by atoms with Crippen LogP contribution >= 0.6 is 0 Å². The standard InChI is InChI=1S/C22H17FN6O4/c1-27-10-12(8-26-27)13-5-14-16(6-18(13)33-3)24-9-17-19(14)29(22(32)28(17)2)20-15(23)4-11(7-25-20)21(30)31/h4-10H,1-3H3,(H,30,31). The number of carboxylic acids is 1. The minimum absolute atomic E-state index is 0.304. The van der Waals surface area contributed by atoms with Crippen molar-refractivity contribution in [3.8, 4) is 22.7 Å². The first-order valence-corrected chi connectivity index (χ1v) is 9.76. The van der Waals surface area contributed by atoms with E-state index in [0.717, 1.165) is 22.4 Å². The molecule has 166 valence electrons. The summed E-state index contributed by atoms with van der Waals surface area (Å²) >= 11 is 0. The largest absolute Gasteiger partial charge is 0.496 e. The lowest BCUT2D eigenvalue weighted by molar-refractivity contribution is 0.0696. The summed E-state index contributed by atoms with van der Waals surface area (Å²) in [7, 11) is 4.88. The van der Waals surface area contributed by atoms with Gasteiger partial charge < -0.3 is 9.84 Å². The number of methoxy groups -OCH3 is 1. The molecule has 0 fully saturated rings. The third-order valence-electron chi connectivity index (χ3n) is 5.50. The Bertz CT molecular complexity index is 1650. The Labute approximate surface area is 185 Å². The normalized spacial score (nSPS) is 11.4. The van der Waals surface area contributed by atoms with Gasteiger partial charge in [-0.25, -0.2) is 23.5 Å². The number of hydrogen-bond donors (Lipinski definition) is 1. The molecule has 0 aliphatic carbocycles. The molecule has 0 atom stereocenters. The van der Waals surface area contributed by atoms with Crippen LogP contribution in [0.5, 0.6) is 5.75 Å². The number of carboxylic acid groups (broad SMARTS) is 1. The van der Waals surface area contributed by atoms with E-state index in [9.17, 15) is 14.0 Å². The molecule has 5 rings (SSSR count). The number of benzene rings is 1. The van der Waals surface area contributed by atoms with Crippen LogP contribution in [0.15, 0.2) is 47.8 Å². The molecular formula is C22H17FN6O4. The quantitative estimate of drug-likeness (QED) is 0.449. The maximum Gasteiger partial charge on any atom is 0.337 e. The Hall–Kier alpha value is -4.54. The number of aryl methyl sites for hydroxylation is 2. The van der Waals surface area contributed by atoms with E-state index < -0.39 is 17.5 Å². The molecule has 1 N–H and O–H groups in total. The number of aromatic nitrogens is 6. The second kappa shape index (κ2) is 7.26. The van der Waals surface area contributed by atoms with E-state index in [1.54, 1.807) is 44.2 Å². The number of halogens is 1. The predicted molar refractivity (Wildman–Crippen MR) is 117 cm³/mol. The molecule has 10 nitrogen and oxygen atoms in total. The Balaban J connectivity index is 1.90. The van der Waals surface area contributed by atoms with Gasteiger partial charge in [0.25, 0.3) is 0 Å². The highest BCUT2D eigenvalue weighted by atomic mass is 19.1. The Morgan fingerprint density at radius 1 is 1.12 bits per heavy atom. The van der Waals surface area contributed by atoms with Crippen molar-refractivity contribution in [3.05, 3.63) is 64.9 Å². The number of aromatic carboxylic acids is 1. The molecule has 5 aromatic rings. The van der Waals surface area contributed by atoms with Gasteiger partial charge in [0, 0.05) is 49.1 Å². The van der Waals surface area contributed by atoms with Crippen LogP contribution in [0, 0.1) is 5.82 Å². The lowest BCUT2D eigenvalue weighted by Gasteiger charge is -2.11. The minimum Gasteiger partial charge on any atom is -0.496 e. The topological polar surface area (TPSA) is 117 Å². The molecule has 0 radical (unpaired) electrons. The first-order chi connectivity index (χ1) is 15.8. The zero-order chi connectivity index (χ0) is 23.4. The van der Waals surface area contributed by atoms with Gasteiger partial charge in [0.15, 0.2) is 11.6 Å². The second-order valence-corrected chi connectivity index (χ2v) is 7.48. The second-order valence-electron chi connectivity index (χ2n) is 7.48. The van der Waals surface area contributed by atoms with E-state index in [2.05, 4.69) is 15.1 Å². The monoisotopic (exact) mass is 448 g/mol. The maximum absolute atomic E-state index is 14.9. The molecule has 33 heavy (non-hydrogen) atoms. The van der Waals surface area contributed by atoms with Crippen LogP contribution in [0.2, 0.25) is 0 Å². The summed E-state index contributed by atoms with van der Waals surface area (Å²) in [4.78, 5) is 32.7. The average Bonchev–Trinajstić information content (AvgIpc) is 3.34. The van der Waals surface area contributed by atoms with E-state index in [1.165, 1.54) is 10.8 Å². The van der Waals surface area contributed by atoms with Crippen molar-refractivity contribution >= 4 is 27.9 Å². The Morgan fingerprint density at radius 2 is 1.91 bits per heavy atom. The molecule has 0 aliphatic rings. The first-order valence-electron chi connectivity index (χ1n) is 9.76. The zero-order valence-corrected chi connectivity index (χ0v) is 17.8. The third-order valence-corrected chi connectivity index (χ3v) is 5.50. The molecule has 0 spiro atoms. The summed E-state index contributed by atoms with van der Waals surface area (Å²) < 4.78 is 24.6. The zero-order valence-electron chi connectivity index (χ0n) is 17.8. The van der Waals surface area contributed by atoms with Crippen molar-refractivity contribution in [2.24, 2.45) is 14.1 Å². The molecular weight excluding hydrogens is 431 g/mol. The molecule has 0 aliphatic heterocycles. The van der Waals surface area contributed by atoms with E-state index in [-0.39, 0.29) is 11.4 Å². The third kappa shape index (κ3) is 3.04. The molecule has 0 saturated heterocycles. The van der Waals surface area contributed by atoms with Gasteiger partial charge in [0.2, 0.25) is 0 Å². The number of ether oxygens (including phenoxy) is 1. The highest BCUT2D eigenvalue weighted by molar-refractivity contribution is 6.05. The SMILES string of the molecule is COc1cc2ncc3c(c2cc1-c1cnn(C)c1)n(-c1ncc(C(=O)O)cc1F)c(=O)n3C. The lowest BCUT2D eigenvalue weighted by atomic mass is 10.0. The van der Waals surface area contributed by atoms with Gasteiger partial charge in [0.1, 0.15) is 5.75 Å². The summed E-state index contributed by atoms with van der Waals surface area (Å²) in [5.41, 5.74) is 1.99. The maximum atomic E-state index is 14.9. The minimum atomic E-state index is -1.32. The van der Waals surface area contributed by atoms with E-state index in [1.807, 2.05) is 6.20 Å². The van der Waals surface area contributed by atoms with Crippen LogP contribution in [0.4, 0.5) is 4.39 Å². The number of imidazole rings is 1. The van der Waals surface area contributed by atoms with Gasteiger partial charge in [-0.15, -0.1) is 0 Å². The predicted octanol–water partition coefficient (Wildman–Crippen LogP) is 2.52. The van der Waals surface area contributed by atoms with Crippen LogP contribution in [0.25, 0.3) is 38.9 Å². The van der Waals surface area contributed by atoms with E-state index in [0.29, 0.717) is 33.2 Å². The van der Waals surface area contributed by atoms with Crippen molar-refractivity contribution in [1.82, 2.24) is 28.9 Å². The summed E-state index contributed by atoms with van der Waals surface area (Å²) in [5, 5.41) is 13.9. The molecule has 0 saturated carbocycles. The fraction of sp³-hybridized carbons (Fsp3) is 0.136. The summed E-state index contributed by atoms with van der Waals surface area (Å²) in [6.45, 7) is 0. The number of pyridine rings is 2. The van der Waals surface area contributed by atoms with Gasteiger partial charge >= 0.3 is 11.7 Å². The fourth-order valence-electron chi connectivity index (χ4n) is 3.89. The van der Waals surface area contributed by atoms with Crippen molar-refractivity contribution in [2.75, 3.05) is 7.11 Å². The van der Waals surface area contributed by atoms with Crippen LogP contribution in [0.1, 0.15) is 10.4 Å².